The molecule has 2 amide bonds. The van der Waals surface area contributed by atoms with Gasteiger partial charge in [0.15, 0.2) is 11.6 Å². The van der Waals surface area contributed by atoms with Gasteiger partial charge in [-0.05, 0) is 64.1 Å². The number of aromatic hydroxyl groups is 2. The summed E-state index contributed by atoms with van der Waals surface area (Å²) in [5.74, 6) is -0.255. The van der Waals surface area contributed by atoms with E-state index in [0.717, 1.165) is 0 Å². The van der Waals surface area contributed by atoms with Crippen LogP contribution in [0.4, 0.5) is 4.79 Å². The zero-order chi connectivity index (χ0) is 29.3. The summed E-state index contributed by atoms with van der Waals surface area (Å²) in [6.07, 6.45) is 4.83. The molecule has 0 unspecified atom stereocenters. The van der Waals surface area contributed by atoms with Gasteiger partial charge in [-0.2, -0.15) is 10.2 Å². The normalized spacial score (nSPS) is 10.9. The van der Waals surface area contributed by atoms with Crippen LogP contribution in [0.15, 0.2) is 70.3 Å². The van der Waals surface area contributed by atoms with Crippen molar-refractivity contribution in [1.82, 2.24) is 10.9 Å². The molecule has 2 aromatic carbocycles. The van der Waals surface area contributed by atoms with Crippen LogP contribution in [0.2, 0.25) is 10.0 Å². The van der Waals surface area contributed by atoms with Gasteiger partial charge in [0, 0.05) is 59.5 Å². The number of allylic oxidation sites excluding steroid dienone is 4. The molecule has 39 heavy (non-hydrogen) atoms. The molecule has 0 heterocycles. The summed E-state index contributed by atoms with van der Waals surface area (Å²) in [4.78, 5) is 31.5. The van der Waals surface area contributed by atoms with Crippen molar-refractivity contribution in [2.75, 3.05) is 0 Å². The Kier molecular flexibility index (Phi) is 19.8. The van der Waals surface area contributed by atoms with E-state index in [1.54, 1.807) is 24.3 Å². The summed E-state index contributed by atoms with van der Waals surface area (Å²) in [6.45, 7) is 5.70. The Morgan fingerprint density at radius 1 is 0.718 bits per heavy atom. The minimum atomic E-state index is -0.704. The number of amides is 2. The molecule has 2 rings (SSSR count). The van der Waals surface area contributed by atoms with Gasteiger partial charge in [0.2, 0.25) is 0 Å². The minimum Gasteiger partial charge on any atom is -0.512 e. The van der Waals surface area contributed by atoms with Crippen LogP contribution in [0.1, 0.15) is 38.8 Å². The summed E-state index contributed by atoms with van der Waals surface area (Å²) in [5, 5.41) is 44.0. The fraction of sp³-hybridized carbons (Fsp3) is 0.160. The molecule has 14 heteroatoms. The van der Waals surface area contributed by atoms with Crippen LogP contribution >= 0.6 is 23.2 Å². The zero-order valence-corrected chi connectivity index (χ0v) is 25.4. The average molecular weight is 659 g/mol. The number of phenols is 2. The predicted octanol–water partition coefficient (Wildman–Crippen LogP) is 5.14. The number of aliphatic hydroxyl groups excluding tert-OH is 2. The maximum Gasteiger partial charge on any atom is 0.355 e. The smallest absolute Gasteiger partial charge is 0.355 e. The monoisotopic (exact) mass is 656 g/mol. The number of hydrogen-bond donors (Lipinski definition) is 6. The molecule has 6 N–H and O–H groups in total. The Hall–Kier alpha value is -3.47. The predicted molar refractivity (Wildman–Crippen MR) is 147 cm³/mol. The zero-order valence-electron chi connectivity index (χ0n) is 21.4. The number of ketones is 2. The molecule has 0 saturated heterocycles. The first-order valence-corrected chi connectivity index (χ1v) is 11.3. The van der Waals surface area contributed by atoms with E-state index < -0.39 is 6.03 Å². The van der Waals surface area contributed by atoms with Gasteiger partial charge in [-0.25, -0.2) is 15.6 Å². The van der Waals surface area contributed by atoms with Gasteiger partial charge < -0.3 is 20.4 Å². The molecular formula is C25H28Cl2N4O7Zr. The molecule has 0 atom stereocenters. The molecule has 0 aromatic heterocycles. The molecule has 2 aromatic rings. The molecule has 0 aliphatic heterocycles. The van der Waals surface area contributed by atoms with Gasteiger partial charge in [0.1, 0.15) is 11.5 Å². The molecule has 0 aliphatic carbocycles. The largest absolute Gasteiger partial charge is 0.512 e. The number of urea groups is 1. The van der Waals surface area contributed by atoms with E-state index in [2.05, 4.69) is 21.1 Å². The van der Waals surface area contributed by atoms with Gasteiger partial charge in [0.05, 0.1) is 23.9 Å². The maximum absolute atomic E-state index is 11.5. The number of halogens is 2. The van der Waals surface area contributed by atoms with Crippen molar-refractivity contribution >= 4 is 53.2 Å². The van der Waals surface area contributed by atoms with E-state index >= 15 is 0 Å². The van der Waals surface area contributed by atoms with Gasteiger partial charge in [0.25, 0.3) is 0 Å². The third-order valence-corrected chi connectivity index (χ3v) is 4.02. The Morgan fingerprint density at radius 2 is 1.05 bits per heavy atom. The van der Waals surface area contributed by atoms with Crippen LogP contribution in [0.25, 0.3) is 0 Å². The van der Waals surface area contributed by atoms with E-state index in [1.165, 1.54) is 64.4 Å². The van der Waals surface area contributed by atoms with Crippen molar-refractivity contribution in [2.45, 2.75) is 27.7 Å². The number of carbonyl (C=O) groups excluding carboxylic acids is 3. The molecule has 0 spiro atoms. The Morgan fingerprint density at radius 3 is 1.28 bits per heavy atom. The summed E-state index contributed by atoms with van der Waals surface area (Å²) >= 11 is 11.4. The minimum absolute atomic E-state index is 0. The quantitative estimate of drug-likeness (QED) is 0.108. The second-order valence-electron chi connectivity index (χ2n) is 7.27. The van der Waals surface area contributed by atoms with E-state index in [4.69, 9.17) is 33.4 Å². The maximum atomic E-state index is 11.5. The molecule has 0 radical (unpaired) electrons. The Labute approximate surface area is 254 Å². The number of nitrogens with one attached hydrogen (secondary N) is 2. The van der Waals surface area contributed by atoms with Gasteiger partial charge in [-0.15, -0.1) is 0 Å². The second kappa shape index (κ2) is 20.5. The van der Waals surface area contributed by atoms with Crippen LogP contribution < -0.4 is 10.9 Å². The first kappa shape index (κ1) is 37.7. The number of nitrogens with zero attached hydrogens (tertiary/aromatic N) is 2. The first-order chi connectivity index (χ1) is 17.7. The fourth-order valence-electron chi connectivity index (χ4n) is 2.19. The van der Waals surface area contributed by atoms with Crippen molar-refractivity contribution in [2.24, 2.45) is 10.2 Å². The summed E-state index contributed by atoms with van der Waals surface area (Å²) in [6, 6.07) is 8.24. The molecule has 0 bridgehead atoms. The Balaban J connectivity index is 0. The van der Waals surface area contributed by atoms with Gasteiger partial charge >= 0.3 is 6.03 Å². The van der Waals surface area contributed by atoms with Crippen LogP contribution in [0.3, 0.4) is 0 Å². The summed E-state index contributed by atoms with van der Waals surface area (Å²) in [5.41, 5.74) is 5.09. The molecule has 11 nitrogen and oxygen atoms in total. The van der Waals surface area contributed by atoms with E-state index in [1.807, 2.05) is 0 Å². The number of phenolic OH excluding ortho intramolecular Hbond substituents is 2. The average Bonchev–Trinajstić information content (AvgIpc) is 2.76. The SMILES string of the molecule is CC(=O)/C=C(/C)O.CC(=O)/C=C(/C)O.O=C(N/N=C/c1ccc(Cl)cc1O)N/N=C/c1ccc(Cl)cc1O.[Zr]. The molecule has 208 valence electrons. The van der Waals surface area contributed by atoms with Crippen LogP contribution in [0, 0.1) is 0 Å². The third-order valence-electron chi connectivity index (χ3n) is 3.55. The van der Waals surface area contributed by atoms with Crippen LogP contribution in [-0.2, 0) is 35.8 Å². The third kappa shape index (κ3) is 20.2. The second-order valence-corrected chi connectivity index (χ2v) is 8.14. The molecule has 0 aliphatic rings. The molecular weight excluding hydrogens is 630 g/mol. The number of aliphatic hydroxyl groups is 2. The summed E-state index contributed by atoms with van der Waals surface area (Å²) in [7, 11) is 0. The van der Waals surface area contributed by atoms with Crippen molar-refractivity contribution in [3.05, 3.63) is 81.2 Å². The number of hydrazone groups is 2. The van der Waals surface area contributed by atoms with Gasteiger partial charge in [-0.1, -0.05) is 23.2 Å². The first-order valence-electron chi connectivity index (χ1n) is 10.6. The van der Waals surface area contributed by atoms with Crippen LogP contribution in [0.5, 0.6) is 11.5 Å². The molecule has 0 saturated carbocycles. The van der Waals surface area contributed by atoms with Gasteiger partial charge in [-0.3, -0.25) is 9.59 Å². The van der Waals surface area contributed by atoms with Crippen molar-refractivity contribution in [3.8, 4) is 11.5 Å². The van der Waals surface area contributed by atoms with E-state index in [9.17, 15) is 24.6 Å². The van der Waals surface area contributed by atoms with Crippen molar-refractivity contribution in [1.29, 1.82) is 0 Å². The fourth-order valence-corrected chi connectivity index (χ4v) is 2.52. The Bertz CT molecular complexity index is 1150. The molecule has 0 fully saturated rings. The standard InChI is InChI=1S/C15H12Cl2N4O3.2C5H8O2.Zr/c16-11-3-1-9(13(22)5-11)7-18-20-15(24)21-19-8-10-2-4-12(17)6-14(10)23;2*1-4(6)3-5(2)7;/h1-8,22-23H,(H2,20,21,24);2*3,6H,1-2H3;/b18-7+,19-8+;2*4-3-;. The van der Waals surface area contributed by atoms with E-state index in [0.29, 0.717) is 21.2 Å². The van der Waals surface area contributed by atoms with E-state index in [-0.39, 0.29) is 60.8 Å². The van der Waals surface area contributed by atoms with Crippen molar-refractivity contribution < 1.29 is 61.0 Å². The number of hydrogen-bond acceptors (Lipinski definition) is 9. The topological polar surface area (TPSA) is 181 Å². The summed E-state index contributed by atoms with van der Waals surface area (Å²) < 4.78 is 0. The number of benzene rings is 2. The number of rotatable bonds is 6. The van der Waals surface area contributed by atoms with Crippen molar-refractivity contribution in [3.63, 3.8) is 0 Å². The number of carbonyl (C=O) groups is 3. The van der Waals surface area contributed by atoms with Crippen LogP contribution in [-0.4, -0.2) is 50.5 Å².